The average Bonchev–Trinajstić information content (AvgIpc) is 2.19. The molecular formula is C11H7FO. The lowest BCUT2D eigenvalue weighted by Crippen LogP contribution is -1.72. The molecule has 0 saturated carbocycles. The second kappa shape index (κ2) is 4.89. The fraction of sp³-hybridized carbons (Fsp3) is 0. The quantitative estimate of drug-likeness (QED) is 0.362. The minimum atomic E-state index is -0.858. The molecule has 0 saturated heterocycles. The van der Waals surface area contributed by atoms with Crippen molar-refractivity contribution in [2.45, 2.75) is 0 Å². The Morgan fingerprint density at radius 2 is 2.00 bits per heavy atom. The summed E-state index contributed by atoms with van der Waals surface area (Å²) >= 11 is 0. The SMILES string of the molecule is O=C/C(F)=C/C#Cc1ccccc1. The highest BCUT2D eigenvalue weighted by Crippen LogP contribution is 1.95. The predicted molar refractivity (Wildman–Crippen MR) is 48.6 cm³/mol. The zero-order chi connectivity index (χ0) is 9.52. The molecule has 0 unspecified atom stereocenters. The van der Waals surface area contributed by atoms with Gasteiger partial charge in [-0.3, -0.25) is 4.79 Å². The summed E-state index contributed by atoms with van der Waals surface area (Å²) in [6.45, 7) is 0. The Balaban J connectivity index is 2.74. The van der Waals surface area contributed by atoms with Gasteiger partial charge in [0.2, 0.25) is 0 Å². The monoisotopic (exact) mass is 174 g/mol. The van der Waals surface area contributed by atoms with Crippen LogP contribution in [-0.4, -0.2) is 6.29 Å². The zero-order valence-electron chi connectivity index (χ0n) is 6.83. The van der Waals surface area contributed by atoms with Crippen molar-refractivity contribution < 1.29 is 9.18 Å². The molecule has 2 heteroatoms. The minimum absolute atomic E-state index is 0.125. The summed E-state index contributed by atoms with van der Waals surface area (Å²) in [5.74, 6) is 4.26. The lowest BCUT2D eigenvalue weighted by molar-refractivity contribution is -0.106. The van der Waals surface area contributed by atoms with E-state index in [-0.39, 0.29) is 6.29 Å². The highest BCUT2D eigenvalue weighted by Gasteiger charge is 1.84. The van der Waals surface area contributed by atoms with Crippen LogP contribution in [0.25, 0.3) is 0 Å². The molecule has 0 N–H and O–H groups in total. The Hall–Kier alpha value is -1.88. The first-order valence-corrected chi connectivity index (χ1v) is 3.70. The van der Waals surface area contributed by atoms with Crippen molar-refractivity contribution in [1.29, 1.82) is 0 Å². The Kier molecular flexibility index (Phi) is 3.46. The van der Waals surface area contributed by atoms with Crippen molar-refractivity contribution in [2.75, 3.05) is 0 Å². The number of carbonyl (C=O) groups excluding carboxylic acids is 1. The third-order valence-electron chi connectivity index (χ3n) is 1.31. The molecule has 1 aromatic rings. The number of benzene rings is 1. The molecule has 0 aliphatic rings. The van der Waals surface area contributed by atoms with Crippen molar-refractivity contribution in [1.82, 2.24) is 0 Å². The van der Waals surface area contributed by atoms with Crippen LogP contribution in [0.1, 0.15) is 5.56 Å². The fourth-order valence-electron chi connectivity index (χ4n) is 0.744. The van der Waals surface area contributed by atoms with Crippen molar-refractivity contribution in [3.63, 3.8) is 0 Å². The van der Waals surface area contributed by atoms with Crippen LogP contribution in [0.5, 0.6) is 0 Å². The van der Waals surface area contributed by atoms with Gasteiger partial charge in [-0.2, -0.15) is 0 Å². The third-order valence-corrected chi connectivity index (χ3v) is 1.31. The smallest absolute Gasteiger partial charge is 0.179 e. The van der Waals surface area contributed by atoms with E-state index in [1.165, 1.54) is 0 Å². The molecule has 64 valence electrons. The summed E-state index contributed by atoms with van der Waals surface area (Å²) in [5, 5.41) is 0. The number of carbonyl (C=O) groups is 1. The van der Waals surface area contributed by atoms with Gasteiger partial charge >= 0.3 is 0 Å². The van der Waals surface area contributed by atoms with E-state index in [4.69, 9.17) is 0 Å². The van der Waals surface area contributed by atoms with Crippen molar-refractivity contribution in [3.05, 3.63) is 47.8 Å². The summed E-state index contributed by atoms with van der Waals surface area (Å²) in [4.78, 5) is 9.84. The average molecular weight is 174 g/mol. The fourth-order valence-corrected chi connectivity index (χ4v) is 0.744. The molecule has 1 aromatic carbocycles. The summed E-state index contributed by atoms with van der Waals surface area (Å²) in [6.07, 6.45) is 1.07. The van der Waals surface area contributed by atoms with E-state index < -0.39 is 5.83 Å². The zero-order valence-corrected chi connectivity index (χ0v) is 6.83. The summed E-state index contributed by atoms with van der Waals surface area (Å²) in [6, 6.07) is 9.15. The van der Waals surface area contributed by atoms with Crippen LogP contribution in [0.15, 0.2) is 42.2 Å². The maximum Gasteiger partial charge on any atom is 0.179 e. The molecule has 0 aliphatic carbocycles. The predicted octanol–water partition coefficient (Wildman–Crippen LogP) is 2.09. The molecule has 13 heavy (non-hydrogen) atoms. The van der Waals surface area contributed by atoms with Crippen molar-refractivity contribution >= 4 is 6.29 Å². The van der Waals surface area contributed by atoms with Gasteiger partial charge < -0.3 is 0 Å². The topological polar surface area (TPSA) is 17.1 Å². The summed E-state index contributed by atoms with van der Waals surface area (Å²) in [5.41, 5.74) is 0.789. The largest absolute Gasteiger partial charge is 0.295 e. The van der Waals surface area contributed by atoms with Crippen molar-refractivity contribution in [3.8, 4) is 11.8 Å². The molecule has 1 rings (SSSR count). The number of allylic oxidation sites excluding steroid dienone is 2. The van der Waals surface area contributed by atoms with Gasteiger partial charge in [0.1, 0.15) is 0 Å². The Morgan fingerprint density at radius 1 is 1.31 bits per heavy atom. The molecule has 1 nitrogen and oxygen atoms in total. The number of halogens is 1. The first-order valence-electron chi connectivity index (χ1n) is 3.70. The van der Waals surface area contributed by atoms with Crippen LogP contribution in [0.3, 0.4) is 0 Å². The van der Waals surface area contributed by atoms with Gasteiger partial charge in [0, 0.05) is 11.6 Å². The van der Waals surface area contributed by atoms with E-state index in [1.54, 1.807) is 12.1 Å². The van der Waals surface area contributed by atoms with Crippen LogP contribution in [0.4, 0.5) is 4.39 Å². The summed E-state index contributed by atoms with van der Waals surface area (Å²) < 4.78 is 12.2. The van der Waals surface area contributed by atoms with Gasteiger partial charge in [-0.1, -0.05) is 30.0 Å². The van der Waals surface area contributed by atoms with Crippen LogP contribution in [-0.2, 0) is 4.79 Å². The third kappa shape index (κ3) is 3.35. The van der Waals surface area contributed by atoms with Crippen LogP contribution >= 0.6 is 0 Å². The van der Waals surface area contributed by atoms with Gasteiger partial charge in [-0.25, -0.2) is 4.39 Å². The normalized spacial score (nSPS) is 10.1. The van der Waals surface area contributed by atoms with Crippen LogP contribution < -0.4 is 0 Å². The van der Waals surface area contributed by atoms with E-state index in [0.29, 0.717) is 0 Å². The Morgan fingerprint density at radius 3 is 2.62 bits per heavy atom. The maximum atomic E-state index is 12.2. The Bertz CT molecular complexity index is 368. The van der Waals surface area contributed by atoms with E-state index in [1.807, 2.05) is 18.2 Å². The second-order valence-corrected chi connectivity index (χ2v) is 2.28. The van der Waals surface area contributed by atoms with E-state index >= 15 is 0 Å². The number of hydrogen-bond donors (Lipinski definition) is 0. The first kappa shape index (κ1) is 9.21. The molecule has 0 radical (unpaired) electrons. The van der Waals surface area contributed by atoms with Crippen LogP contribution in [0, 0.1) is 11.8 Å². The molecule has 0 bridgehead atoms. The molecule has 0 fully saturated rings. The van der Waals surface area contributed by atoms with E-state index in [2.05, 4.69) is 11.8 Å². The molecular weight excluding hydrogens is 167 g/mol. The van der Waals surface area contributed by atoms with Gasteiger partial charge in [-0.15, -0.1) is 0 Å². The highest BCUT2D eigenvalue weighted by atomic mass is 19.1. The first-order chi connectivity index (χ1) is 6.33. The molecule has 0 amide bonds. The van der Waals surface area contributed by atoms with Gasteiger partial charge in [-0.05, 0) is 12.1 Å². The van der Waals surface area contributed by atoms with Crippen molar-refractivity contribution in [2.24, 2.45) is 0 Å². The lowest BCUT2D eigenvalue weighted by Gasteiger charge is -1.84. The second-order valence-electron chi connectivity index (χ2n) is 2.28. The van der Waals surface area contributed by atoms with Gasteiger partial charge in [0.25, 0.3) is 0 Å². The number of hydrogen-bond acceptors (Lipinski definition) is 1. The van der Waals surface area contributed by atoms with Gasteiger partial charge in [0.05, 0.1) is 0 Å². The lowest BCUT2D eigenvalue weighted by atomic mass is 10.2. The molecule has 0 aliphatic heterocycles. The standard InChI is InChI=1S/C11H7FO/c12-11(9-13)8-4-7-10-5-2-1-3-6-10/h1-3,5-6,8-9H/b11-8-. The molecule has 0 heterocycles. The van der Waals surface area contributed by atoms with E-state index in [0.717, 1.165) is 11.6 Å². The molecule has 0 atom stereocenters. The minimum Gasteiger partial charge on any atom is -0.295 e. The highest BCUT2D eigenvalue weighted by molar-refractivity contribution is 5.70. The molecule has 0 aromatic heterocycles. The number of rotatable bonds is 1. The Labute approximate surface area is 75.9 Å². The van der Waals surface area contributed by atoms with Gasteiger partial charge in [0.15, 0.2) is 12.1 Å². The van der Waals surface area contributed by atoms with E-state index in [9.17, 15) is 9.18 Å². The number of aldehydes is 1. The van der Waals surface area contributed by atoms with Crippen LogP contribution in [0.2, 0.25) is 0 Å². The maximum absolute atomic E-state index is 12.2. The molecule has 0 spiro atoms. The summed E-state index contributed by atoms with van der Waals surface area (Å²) in [7, 11) is 0.